The molecule has 9 heteroatoms. The summed E-state index contributed by atoms with van der Waals surface area (Å²) in [6.07, 6.45) is 1.72. The fraction of sp³-hybridized carbons (Fsp3) is 0.269. The first-order valence-electron chi connectivity index (χ1n) is 11.4. The lowest BCUT2D eigenvalue weighted by Gasteiger charge is -2.32. The van der Waals surface area contributed by atoms with E-state index in [9.17, 15) is 18.8 Å². The summed E-state index contributed by atoms with van der Waals surface area (Å²) in [4.78, 5) is 41.2. The maximum Gasteiger partial charge on any atom is 0.261 e. The van der Waals surface area contributed by atoms with Crippen LogP contribution < -0.4 is 15.5 Å². The average Bonchev–Trinajstić information content (AvgIpc) is 3.60. The Morgan fingerprint density at radius 1 is 1.03 bits per heavy atom. The number of nitrogens with one attached hydrogen (secondary N) is 2. The molecule has 0 spiro atoms. The number of halogens is 1. The Labute approximate surface area is 206 Å². The summed E-state index contributed by atoms with van der Waals surface area (Å²) in [6, 6.07) is 16.6. The third-order valence-electron chi connectivity index (χ3n) is 5.67. The molecule has 0 aliphatic carbocycles. The Balaban J connectivity index is 1.62. The van der Waals surface area contributed by atoms with Crippen LogP contribution in [0.25, 0.3) is 0 Å². The zero-order valence-electron chi connectivity index (χ0n) is 19.0. The van der Waals surface area contributed by atoms with E-state index in [0.717, 1.165) is 12.8 Å². The van der Waals surface area contributed by atoms with Crippen molar-refractivity contribution in [3.8, 4) is 0 Å². The molecule has 2 N–H and O–H groups in total. The van der Waals surface area contributed by atoms with Crippen LogP contribution >= 0.6 is 11.3 Å². The summed E-state index contributed by atoms with van der Waals surface area (Å²) in [7, 11) is 0. The van der Waals surface area contributed by atoms with Gasteiger partial charge < -0.3 is 15.4 Å². The number of nitrogens with zero attached hydrogens (tertiary/aromatic N) is 1. The molecule has 1 aliphatic heterocycles. The molecule has 4 rings (SSSR count). The lowest BCUT2D eigenvalue weighted by atomic mass is 10.0. The number of hydrogen-bond donors (Lipinski definition) is 2. The van der Waals surface area contributed by atoms with E-state index >= 15 is 0 Å². The zero-order valence-corrected chi connectivity index (χ0v) is 19.8. The standard InChI is InChI=1S/C26H26FN3O4S/c27-19-10-12-20(13-11-19)30(23(31)17-29-25(32)22-9-5-15-35-22)24(18-6-2-1-3-7-18)26(33)28-16-21-8-4-14-34-21/h1-3,5-7,9-13,15,21,24H,4,8,14,16-17H2,(H,28,33)(H,29,32)/t21-,24-/m1/s1. The van der Waals surface area contributed by atoms with E-state index in [1.54, 1.807) is 41.8 Å². The molecule has 1 saturated heterocycles. The Kier molecular flexibility index (Phi) is 8.23. The molecular weight excluding hydrogens is 469 g/mol. The number of amides is 3. The number of thiophene rings is 1. The lowest BCUT2D eigenvalue weighted by molar-refractivity contribution is -0.126. The molecule has 2 heterocycles. The summed E-state index contributed by atoms with van der Waals surface area (Å²) in [5.41, 5.74) is 0.919. The van der Waals surface area contributed by atoms with Gasteiger partial charge in [-0.05, 0) is 54.1 Å². The SMILES string of the molecule is O=C(NCC(=O)N(c1ccc(F)cc1)[C@@H](C(=O)NC[C@H]1CCCO1)c1ccccc1)c1cccs1. The van der Waals surface area contributed by atoms with E-state index in [2.05, 4.69) is 10.6 Å². The van der Waals surface area contributed by atoms with Crippen molar-refractivity contribution < 1.29 is 23.5 Å². The molecular formula is C26H26FN3O4S. The van der Waals surface area contributed by atoms with Gasteiger partial charge >= 0.3 is 0 Å². The number of carbonyl (C=O) groups is 3. The van der Waals surface area contributed by atoms with Crippen molar-refractivity contribution in [2.75, 3.05) is 24.6 Å². The van der Waals surface area contributed by atoms with Gasteiger partial charge in [0, 0.05) is 18.8 Å². The van der Waals surface area contributed by atoms with Crippen LogP contribution in [0.4, 0.5) is 10.1 Å². The Bertz CT molecular complexity index is 1130. The third-order valence-corrected chi connectivity index (χ3v) is 6.54. The number of benzene rings is 2. The van der Waals surface area contributed by atoms with Gasteiger partial charge in [-0.2, -0.15) is 0 Å². The van der Waals surface area contributed by atoms with Gasteiger partial charge in [-0.15, -0.1) is 11.3 Å². The normalized spacial score (nSPS) is 15.9. The largest absolute Gasteiger partial charge is 0.376 e. The second-order valence-corrected chi connectivity index (χ2v) is 9.04. The highest BCUT2D eigenvalue weighted by Crippen LogP contribution is 2.28. The first-order chi connectivity index (χ1) is 17.0. The molecule has 1 fully saturated rings. The first-order valence-corrected chi connectivity index (χ1v) is 12.2. The van der Waals surface area contributed by atoms with Crippen LogP contribution in [-0.4, -0.2) is 43.5 Å². The Morgan fingerprint density at radius 3 is 2.46 bits per heavy atom. The highest BCUT2D eigenvalue weighted by atomic mass is 32.1. The summed E-state index contributed by atoms with van der Waals surface area (Å²) >= 11 is 1.26. The maximum atomic E-state index is 13.7. The molecule has 7 nitrogen and oxygen atoms in total. The molecule has 0 unspecified atom stereocenters. The molecule has 1 aromatic heterocycles. The summed E-state index contributed by atoms with van der Waals surface area (Å²) in [5.74, 6) is -1.76. The van der Waals surface area contributed by atoms with Crippen molar-refractivity contribution in [1.29, 1.82) is 0 Å². The summed E-state index contributed by atoms with van der Waals surface area (Å²) in [5, 5.41) is 7.30. The van der Waals surface area contributed by atoms with E-state index in [-0.39, 0.29) is 18.6 Å². The summed E-state index contributed by atoms with van der Waals surface area (Å²) < 4.78 is 19.3. The van der Waals surface area contributed by atoms with Gasteiger partial charge in [0.2, 0.25) is 11.8 Å². The summed E-state index contributed by atoms with van der Waals surface area (Å²) in [6.45, 7) is 0.645. The minimum absolute atomic E-state index is 0.0737. The van der Waals surface area contributed by atoms with Crippen LogP contribution in [0.1, 0.15) is 34.1 Å². The smallest absolute Gasteiger partial charge is 0.261 e. The van der Waals surface area contributed by atoms with Crippen molar-refractivity contribution in [3.63, 3.8) is 0 Å². The van der Waals surface area contributed by atoms with Crippen LogP contribution in [0.2, 0.25) is 0 Å². The van der Waals surface area contributed by atoms with Crippen LogP contribution in [0.5, 0.6) is 0 Å². The quantitative estimate of drug-likeness (QED) is 0.474. The predicted molar refractivity (Wildman–Crippen MR) is 132 cm³/mol. The molecule has 2 atom stereocenters. The van der Waals surface area contributed by atoms with Gasteiger partial charge in [0.15, 0.2) is 0 Å². The van der Waals surface area contributed by atoms with Crippen molar-refractivity contribution in [3.05, 3.63) is 88.4 Å². The predicted octanol–water partition coefficient (Wildman–Crippen LogP) is 3.69. The van der Waals surface area contributed by atoms with Gasteiger partial charge in [-0.3, -0.25) is 19.3 Å². The van der Waals surface area contributed by atoms with Crippen molar-refractivity contribution in [1.82, 2.24) is 10.6 Å². The third kappa shape index (κ3) is 6.32. The molecule has 35 heavy (non-hydrogen) atoms. The first kappa shape index (κ1) is 24.6. The number of rotatable bonds is 9. The van der Waals surface area contributed by atoms with E-state index in [1.807, 2.05) is 6.07 Å². The highest BCUT2D eigenvalue weighted by molar-refractivity contribution is 7.12. The molecule has 3 aromatic rings. The Morgan fingerprint density at radius 2 is 1.80 bits per heavy atom. The lowest BCUT2D eigenvalue weighted by Crippen LogP contribution is -2.48. The van der Waals surface area contributed by atoms with Crippen LogP contribution in [0.15, 0.2) is 72.1 Å². The number of anilines is 1. The van der Waals surface area contributed by atoms with Gasteiger partial charge in [-0.1, -0.05) is 36.4 Å². The molecule has 3 amide bonds. The minimum atomic E-state index is -1.03. The molecule has 1 aliphatic rings. The van der Waals surface area contributed by atoms with E-state index in [0.29, 0.717) is 29.3 Å². The minimum Gasteiger partial charge on any atom is -0.376 e. The molecule has 0 radical (unpaired) electrons. The van der Waals surface area contributed by atoms with E-state index in [1.165, 1.54) is 40.5 Å². The van der Waals surface area contributed by atoms with Crippen molar-refractivity contribution in [2.45, 2.75) is 25.0 Å². The van der Waals surface area contributed by atoms with Gasteiger partial charge in [0.1, 0.15) is 11.9 Å². The molecule has 0 saturated carbocycles. The van der Waals surface area contributed by atoms with Crippen LogP contribution in [0.3, 0.4) is 0 Å². The average molecular weight is 496 g/mol. The molecule has 182 valence electrons. The maximum absolute atomic E-state index is 13.7. The second-order valence-electron chi connectivity index (χ2n) is 8.09. The van der Waals surface area contributed by atoms with Crippen LogP contribution in [-0.2, 0) is 14.3 Å². The number of hydrogen-bond acceptors (Lipinski definition) is 5. The highest BCUT2D eigenvalue weighted by Gasteiger charge is 2.33. The fourth-order valence-corrected chi connectivity index (χ4v) is 4.58. The Hall–Kier alpha value is -3.56. The van der Waals surface area contributed by atoms with Crippen molar-refractivity contribution in [2.24, 2.45) is 0 Å². The van der Waals surface area contributed by atoms with Gasteiger partial charge in [-0.25, -0.2) is 4.39 Å². The topological polar surface area (TPSA) is 87.7 Å². The van der Waals surface area contributed by atoms with Gasteiger partial charge in [0.25, 0.3) is 5.91 Å². The number of carbonyl (C=O) groups excluding carboxylic acids is 3. The van der Waals surface area contributed by atoms with Crippen molar-refractivity contribution >= 4 is 34.7 Å². The zero-order chi connectivity index (χ0) is 24.6. The van der Waals surface area contributed by atoms with Gasteiger partial charge in [0.05, 0.1) is 17.5 Å². The fourth-order valence-electron chi connectivity index (χ4n) is 3.94. The van der Waals surface area contributed by atoms with E-state index in [4.69, 9.17) is 4.74 Å². The van der Waals surface area contributed by atoms with Crippen LogP contribution in [0, 0.1) is 5.82 Å². The monoisotopic (exact) mass is 495 g/mol. The number of ether oxygens (including phenoxy) is 1. The molecule has 2 aromatic carbocycles. The second kappa shape index (κ2) is 11.7. The molecule has 0 bridgehead atoms. The van der Waals surface area contributed by atoms with E-state index < -0.39 is 23.7 Å².